The SMILES string of the molecule is CN(Cc1ccccc1)Cc1nnc(SCc2ccccn2)n1CC1CCCO1. The maximum Gasteiger partial charge on any atom is 0.191 e. The molecule has 2 aromatic heterocycles. The zero-order valence-electron chi connectivity index (χ0n) is 16.8. The summed E-state index contributed by atoms with van der Waals surface area (Å²) in [5, 5.41) is 9.97. The van der Waals surface area contributed by atoms with Gasteiger partial charge in [-0.2, -0.15) is 0 Å². The largest absolute Gasteiger partial charge is 0.376 e. The minimum Gasteiger partial charge on any atom is -0.376 e. The Morgan fingerprint density at radius 2 is 1.97 bits per heavy atom. The lowest BCUT2D eigenvalue weighted by atomic mass is 10.2. The standard InChI is InChI=1S/C22H27N5OS/c1-26(14-18-8-3-2-4-9-18)16-21-24-25-22(27(21)15-20-11-7-13-28-20)29-17-19-10-5-6-12-23-19/h2-6,8-10,12,20H,7,11,13-17H2,1H3. The fraction of sp³-hybridized carbons (Fsp3) is 0.409. The van der Waals surface area contributed by atoms with E-state index in [1.54, 1.807) is 11.8 Å². The second-order valence-corrected chi connectivity index (χ2v) is 8.35. The van der Waals surface area contributed by atoms with E-state index in [0.29, 0.717) is 0 Å². The van der Waals surface area contributed by atoms with Gasteiger partial charge >= 0.3 is 0 Å². The van der Waals surface area contributed by atoms with Gasteiger partial charge < -0.3 is 9.30 Å². The summed E-state index contributed by atoms with van der Waals surface area (Å²) in [4.78, 5) is 6.69. The second-order valence-electron chi connectivity index (χ2n) is 7.41. The van der Waals surface area contributed by atoms with E-state index in [1.807, 2.05) is 30.5 Å². The van der Waals surface area contributed by atoms with Gasteiger partial charge in [-0.15, -0.1) is 10.2 Å². The highest BCUT2D eigenvalue weighted by molar-refractivity contribution is 7.98. The molecule has 0 aliphatic carbocycles. The highest BCUT2D eigenvalue weighted by atomic mass is 32.2. The van der Waals surface area contributed by atoms with Crippen molar-refractivity contribution >= 4 is 11.8 Å². The van der Waals surface area contributed by atoms with E-state index in [2.05, 4.69) is 56.0 Å². The third-order valence-corrected chi connectivity index (χ3v) is 5.99. The molecule has 3 aromatic rings. The second kappa shape index (κ2) is 10.0. The molecule has 0 saturated carbocycles. The van der Waals surface area contributed by atoms with Crippen LogP contribution in [0.1, 0.15) is 29.9 Å². The monoisotopic (exact) mass is 409 g/mol. The minimum atomic E-state index is 0.248. The first-order valence-corrected chi connectivity index (χ1v) is 11.1. The van der Waals surface area contributed by atoms with E-state index < -0.39 is 0 Å². The Balaban J connectivity index is 1.46. The number of rotatable bonds is 9. The van der Waals surface area contributed by atoms with Crippen molar-refractivity contribution in [3.05, 3.63) is 71.8 Å². The van der Waals surface area contributed by atoms with Gasteiger partial charge in [0.05, 0.1) is 24.9 Å². The Morgan fingerprint density at radius 3 is 2.72 bits per heavy atom. The van der Waals surface area contributed by atoms with Gasteiger partial charge in [-0.1, -0.05) is 48.2 Å². The van der Waals surface area contributed by atoms with Crippen LogP contribution in [0.3, 0.4) is 0 Å². The molecular weight excluding hydrogens is 382 g/mol. The fourth-order valence-electron chi connectivity index (χ4n) is 3.53. The first-order valence-electron chi connectivity index (χ1n) is 10.1. The smallest absolute Gasteiger partial charge is 0.191 e. The highest BCUT2D eigenvalue weighted by Crippen LogP contribution is 2.24. The summed E-state index contributed by atoms with van der Waals surface area (Å²) in [6.45, 7) is 3.29. The van der Waals surface area contributed by atoms with Crippen molar-refractivity contribution < 1.29 is 4.74 Å². The van der Waals surface area contributed by atoms with Crippen LogP contribution in [0.5, 0.6) is 0 Å². The lowest BCUT2D eigenvalue weighted by Crippen LogP contribution is -2.23. The van der Waals surface area contributed by atoms with Gasteiger partial charge in [-0.05, 0) is 37.6 Å². The van der Waals surface area contributed by atoms with E-state index in [-0.39, 0.29) is 6.10 Å². The van der Waals surface area contributed by atoms with Gasteiger partial charge in [0.2, 0.25) is 0 Å². The predicted molar refractivity (Wildman–Crippen MR) is 114 cm³/mol. The van der Waals surface area contributed by atoms with Crippen LogP contribution in [-0.2, 0) is 30.1 Å². The summed E-state index contributed by atoms with van der Waals surface area (Å²) in [6, 6.07) is 16.5. The molecule has 7 heteroatoms. The van der Waals surface area contributed by atoms with E-state index in [4.69, 9.17) is 4.74 Å². The molecule has 1 aliphatic heterocycles. The van der Waals surface area contributed by atoms with Crippen LogP contribution in [0.4, 0.5) is 0 Å². The normalized spacial score (nSPS) is 16.6. The number of aromatic nitrogens is 4. The number of nitrogens with zero attached hydrogens (tertiary/aromatic N) is 5. The lowest BCUT2D eigenvalue weighted by molar-refractivity contribution is 0.0934. The van der Waals surface area contributed by atoms with Gasteiger partial charge in [-0.25, -0.2) is 0 Å². The zero-order valence-corrected chi connectivity index (χ0v) is 17.6. The van der Waals surface area contributed by atoms with Crippen molar-refractivity contribution in [3.8, 4) is 0 Å². The maximum atomic E-state index is 5.89. The summed E-state index contributed by atoms with van der Waals surface area (Å²) in [6.07, 6.45) is 4.31. The van der Waals surface area contributed by atoms with Gasteiger partial charge in [0.25, 0.3) is 0 Å². The summed E-state index contributed by atoms with van der Waals surface area (Å²) < 4.78 is 8.13. The number of ether oxygens (including phenoxy) is 1. The lowest BCUT2D eigenvalue weighted by Gasteiger charge is -2.19. The van der Waals surface area contributed by atoms with Gasteiger partial charge in [-0.3, -0.25) is 9.88 Å². The molecule has 1 saturated heterocycles. The third-order valence-electron chi connectivity index (χ3n) is 4.99. The first-order chi connectivity index (χ1) is 14.3. The Hall–Kier alpha value is -2.22. The molecule has 1 atom stereocenters. The van der Waals surface area contributed by atoms with Crippen LogP contribution in [0.15, 0.2) is 59.9 Å². The minimum absolute atomic E-state index is 0.248. The van der Waals surface area contributed by atoms with Crippen molar-refractivity contribution in [1.29, 1.82) is 0 Å². The summed E-state index contributed by atoms with van der Waals surface area (Å²) in [5.74, 6) is 1.77. The van der Waals surface area contributed by atoms with Gasteiger partial charge in [0.1, 0.15) is 5.82 Å². The van der Waals surface area contributed by atoms with E-state index >= 15 is 0 Å². The van der Waals surface area contributed by atoms with Crippen LogP contribution in [0, 0.1) is 0 Å². The van der Waals surface area contributed by atoms with Crippen LogP contribution < -0.4 is 0 Å². The summed E-state index contributed by atoms with van der Waals surface area (Å²) in [5.41, 5.74) is 2.34. The van der Waals surface area contributed by atoms with Gasteiger partial charge in [0.15, 0.2) is 5.16 Å². The molecule has 1 fully saturated rings. The molecular formula is C22H27N5OS. The topological polar surface area (TPSA) is 56.1 Å². The Bertz CT molecular complexity index is 881. The molecule has 0 bridgehead atoms. The van der Waals surface area contributed by atoms with Crippen molar-refractivity contribution in [3.63, 3.8) is 0 Å². The molecule has 3 heterocycles. The Kier molecular flexibility index (Phi) is 6.92. The molecule has 152 valence electrons. The molecule has 1 aliphatic rings. The average molecular weight is 410 g/mol. The molecule has 1 unspecified atom stereocenters. The van der Waals surface area contributed by atoms with Gasteiger partial charge in [0, 0.05) is 25.1 Å². The van der Waals surface area contributed by atoms with E-state index in [1.165, 1.54) is 5.56 Å². The Labute approximate surface area is 176 Å². The van der Waals surface area contributed by atoms with Crippen LogP contribution in [-0.4, -0.2) is 44.4 Å². The molecule has 0 N–H and O–H groups in total. The van der Waals surface area contributed by atoms with Crippen molar-refractivity contribution in [2.75, 3.05) is 13.7 Å². The predicted octanol–water partition coefficient (Wildman–Crippen LogP) is 3.78. The first kappa shape index (κ1) is 20.1. The van der Waals surface area contributed by atoms with E-state index in [0.717, 1.165) is 61.5 Å². The maximum absolute atomic E-state index is 5.89. The number of hydrogen-bond acceptors (Lipinski definition) is 6. The molecule has 0 spiro atoms. The number of benzene rings is 1. The summed E-state index contributed by atoms with van der Waals surface area (Å²) in [7, 11) is 2.12. The van der Waals surface area contributed by atoms with Crippen LogP contribution >= 0.6 is 11.8 Å². The quantitative estimate of drug-likeness (QED) is 0.502. The number of hydrogen-bond donors (Lipinski definition) is 0. The van der Waals surface area contributed by atoms with Crippen molar-refractivity contribution in [1.82, 2.24) is 24.6 Å². The fourth-order valence-corrected chi connectivity index (χ4v) is 4.41. The highest BCUT2D eigenvalue weighted by Gasteiger charge is 2.21. The number of thioether (sulfide) groups is 1. The molecule has 0 radical (unpaired) electrons. The summed E-state index contributed by atoms with van der Waals surface area (Å²) >= 11 is 1.69. The molecule has 0 amide bonds. The molecule has 1 aromatic carbocycles. The van der Waals surface area contributed by atoms with Crippen LogP contribution in [0.2, 0.25) is 0 Å². The van der Waals surface area contributed by atoms with E-state index in [9.17, 15) is 0 Å². The third kappa shape index (κ3) is 5.65. The molecule has 4 rings (SSSR count). The number of pyridine rings is 1. The molecule has 29 heavy (non-hydrogen) atoms. The van der Waals surface area contributed by atoms with Crippen molar-refractivity contribution in [2.24, 2.45) is 0 Å². The van der Waals surface area contributed by atoms with Crippen LogP contribution in [0.25, 0.3) is 0 Å². The molecule has 6 nitrogen and oxygen atoms in total. The zero-order chi connectivity index (χ0) is 19.9. The Morgan fingerprint density at radius 1 is 1.10 bits per heavy atom. The van der Waals surface area contributed by atoms with Crippen molar-refractivity contribution in [2.45, 2.75) is 49.5 Å². The average Bonchev–Trinajstić information content (AvgIpc) is 3.39.